The number of nitrogens with two attached hydrogens (primary N) is 1. The minimum absolute atomic E-state index is 0.167. The molecule has 0 bridgehead atoms. The maximum absolute atomic E-state index is 9.55. The van der Waals surface area contributed by atoms with E-state index >= 15 is 0 Å². The Hall–Kier alpha value is -1.13. The van der Waals surface area contributed by atoms with Crippen molar-refractivity contribution in [2.24, 2.45) is 11.7 Å². The highest BCUT2D eigenvalue weighted by molar-refractivity contribution is 7.80. The number of hydrogen-bond donors (Lipinski definition) is 2. The van der Waals surface area contributed by atoms with Crippen LogP contribution in [0, 0.1) is 12.8 Å². The van der Waals surface area contributed by atoms with Gasteiger partial charge in [-0.25, -0.2) is 0 Å². The molecule has 0 aromatic heterocycles. The van der Waals surface area contributed by atoms with Gasteiger partial charge in [-0.1, -0.05) is 30.8 Å². The molecule has 3 N–H and O–H groups in total. The number of hydrogen-bond acceptors (Lipinski definition) is 3. The summed E-state index contributed by atoms with van der Waals surface area (Å²) in [5.41, 5.74) is 8.93. The first-order valence-electron chi connectivity index (χ1n) is 6.32. The van der Waals surface area contributed by atoms with Gasteiger partial charge in [0.25, 0.3) is 0 Å². The number of aliphatic hydroxyl groups is 1. The average molecular weight is 264 g/mol. The summed E-state index contributed by atoms with van der Waals surface area (Å²) in [5.74, 6) is 0.496. The lowest BCUT2D eigenvalue weighted by atomic mass is 10.0. The van der Waals surface area contributed by atoms with Crippen molar-refractivity contribution in [3.63, 3.8) is 0 Å². The molecule has 4 heteroatoms. The molecule has 2 rings (SSSR count). The summed E-state index contributed by atoms with van der Waals surface area (Å²) in [5, 5.41) is 9.55. The Balaban J connectivity index is 2.41. The normalized spacial score (nSPS) is 23.4. The van der Waals surface area contributed by atoms with Gasteiger partial charge in [0, 0.05) is 17.8 Å². The van der Waals surface area contributed by atoms with Gasteiger partial charge in [-0.05, 0) is 31.4 Å². The van der Waals surface area contributed by atoms with Gasteiger partial charge in [0.2, 0.25) is 0 Å². The molecule has 0 amide bonds. The zero-order valence-electron chi connectivity index (χ0n) is 10.9. The van der Waals surface area contributed by atoms with Gasteiger partial charge < -0.3 is 15.7 Å². The van der Waals surface area contributed by atoms with E-state index in [0.29, 0.717) is 10.9 Å². The Bertz CT molecular complexity index is 461. The van der Waals surface area contributed by atoms with Crippen LogP contribution in [-0.2, 0) is 0 Å². The van der Waals surface area contributed by atoms with Gasteiger partial charge in [-0.15, -0.1) is 0 Å². The number of aliphatic hydroxyl groups excluding tert-OH is 1. The first-order chi connectivity index (χ1) is 8.54. The molecule has 1 saturated heterocycles. The fraction of sp³-hybridized carbons (Fsp3) is 0.500. The monoisotopic (exact) mass is 264 g/mol. The maximum atomic E-state index is 9.55. The van der Waals surface area contributed by atoms with Crippen LogP contribution in [0.15, 0.2) is 18.2 Å². The molecule has 1 fully saturated rings. The van der Waals surface area contributed by atoms with Crippen molar-refractivity contribution in [2.75, 3.05) is 18.1 Å². The van der Waals surface area contributed by atoms with Crippen molar-refractivity contribution in [3.05, 3.63) is 29.3 Å². The van der Waals surface area contributed by atoms with E-state index in [-0.39, 0.29) is 12.6 Å². The van der Waals surface area contributed by atoms with E-state index in [1.54, 1.807) is 0 Å². The second kappa shape index (κ2) is 5.24. The van der Waals surface area contributed by atoms with E-state index in [1.807, 2.05) is 13.0 Å². The lowest BCUT2D eigenvalue weighted by Gasteiger charge is -2.29. The Morgan fingerprint density at radius 1 is 1.56 bits per heavy atom. The van der Waals surface area contributed by atoms with E-state index in [4.69, 9.17) is 18.0 Å². The number of benzene rings is 1. The molecule has 0 aliphatic carbocycles. The molecule has 2 atom stereocenters. The maximum Gasteiger partial charge on any atom is 0.106 e. The van der Waals surface area contributed by atoms with Gasteiger partial charge in [0.05, 0.1) is 12.6 Å². The highest BCUT2D eigenvalue weighted by Crippen LogP contribution is 2.32. The summed E-state index contributed by atoms with van der Waals surface area (Å²) in [7, 11) is 0. The van der Waals surface area contributed by atoms with Gasteiger partial charge >= 0.3 is 0 Å². The van der Waals surface area contributed by atoms with Crippen LogP contribution in [0.2, 0.25) is 0 Å². The lowest BCUT2D eigenvalue weighted by Crippen LogP contribution is -2.36. The fourth-order valence-corrected chi connectivity index (χ4v) is 2.85. The van der Waals surface area contributed by atoms with Crippen LogP contribution >= 0.6 is 12.2 Å². The van der Waals surface area contributed by atoms with Crippen molar-refractivity contribution in [1.82, 2.24) is 0 Å². The van der Waals surface area contributed by atoms with E-state index in [0.717, 1.165) is 29.8 Å². The van der Waals surface area contributed by atoms with Gasteiger partial charge in [0.15, 0.2) is 0 Å². The van der Waals surface area contributed by atoms with Crippen LogP contribution in [0.3, 0.4) is 0 Å². The second-order valence-corrected chi connectivity index (χ2v) is 5.53. The summed E-state index contributed by atoms with van der Waals surface area (Å²) >= 11 is 5.14. The molecule has 1 aliphatic rings. The summed E-state index contributed by atoms with van der Waals surface area (Å²) in [4.78, 5) is 2.66. The van der Waals surface area contributed by atoms with Crippen molar-refractivity contribution in [3.8, 4) is 0 Å². The minimum atomic E-state index is 0.167. The molecule has 3 nitrogen and oxygen atoms in total. The summed E-state index contributed by atoms with van der Waals surface area (Å²) in [6.45, 7) is 5.33. The molecule has 0 radical (unpaired) electrons. The number of nitrogens with zero attached hydrogens (tertiary/aromatic N) is 1. The molecule has 1 aliphatic heterocycles. The Kier molecular flexibility index (Phi) is 3.88. The highest BCUT2D eigenvalue weighted by Gasteiger charge is 2.31. The third-order valence-electron chi connectivity index (χ3n) is 3.80. The van der Waals surface area contributed by atoms with Crippen LogP contribution in [0.4, 0.5) is 5.69 Å². The van der Waals surface area contributed by atoms with Gasteiger partial charge in [-0.3, -0.25) is 0 Å². The van der Waals surface area contributed by atoms with E-state index in [2.05, 4.69) is 24.0 Å². The molecule has 1 heterocycles. The molecular formula is C14H20N2OS. The predicted octanol–water partition coefficient (Wildman–Crippen LogP) is 1.84. The Labute approximate surface area is 114 Å². The fourth-order valence-electron chi connectivity index (χ4n) is 2.68. The SMILES string of the molecule is Cc1ccc(N2CCC(C)C2CO)c(C(N)=S)c1. The van der Waals surface area contributed by atoms with Gasteiger partial charge in [0.1, 0.15) is 4.99 Å². The quantitative estimate of drug-likeness (QED) is 0.818. The molecule has 98 valence electrons. The number of rotatable bonds is 3. The smallest absolute Gasteiger partial charge is 0.106 e. The number of thiocarbonyl (C=S) groups is 1. The number of anilines is 1. The largest absolute Gasteiger partial charge is 0.394 e. The van der Waals surface area contributed by atoms with E-state index in [9.17, 15) is 5.11 Å². The lowest BCUT2D eigenvalue weighted by molar-refractivity contribution is 0.245. The summed E-state index contributed by atoms with van der Waals surface area (Å²) in [6.07, 6.45) is 1.09. The van der Waals surface area contributed by atoms with Crippen LogP contribution in [0.25, 0.3) is 0 Å². The number of aryl methyl sites for hydroxylation is 1. The predicted molar refractivity (Wildman–Crippen MR) is 79.1 cm³/mol. The molecule has 0 saturated carbocycles. The molecular weight excluding hydrogens is 244 g/mol. The average Bonchev–Trinajstić information content (AvgIpc) is 2.70. The third-order valence-corrected chi connectivity index (χ3v) is 4.02. The summed E-state index contributed by atoms with van der Waals surface area (Å²) < 4.78 is 0. The standard InChI is InChI=1S/C14H20N2OS/c1-9-3-4-12(11(7-9)14(15)18)16-6-5-10(2)13(16)8-17/h3-4,7,10,13,17H,5-6,8H2,1-2H3,(H2,15,18). The van der Waals surface area contributed by atoms with Crippen molar-refractivity contribution in [2.45, 2.75) is 26.3 Å². The Morgan fingerprint density at radius 2 is 2.28 bits per heavy atom. The third kappa shape index (κ3) is 2.35. The minimum Gasteiger partial charge on any atom is -0.394 e. The van der Waals surface area contributed by atoms with Crippen LogP contribution < -0.4 is 10.6 Å². The van der Waals surface area contributed by atoms with Crippen LogP contribution in [0.5, 0.6) is 0 Å². The van der Waals surface area contributed by atoms with Crippen LogP contribution in [-0.4, -0.2) is 29.3 Å². The zero-order chi connectivity index (χ0) is 13.3. The van der Waals surface area contributed by atoms with E-state index in [1.165, 1.54) is 0 Å². The van der Waals surface area contributed by atoms with Crippen molar-refractivity contribution < 1.29 is 5.11 Å². The molecule has 1 aromatic rings. The van der Waals surface area contributed by atoms with Crippen LogP contribution in [0.1, 0.15) is 24.5 Å². The zero-order valence-corrected chi connectivity index (χ0v) is 11.7. The first-order valence-corrected chi connectivity index (χ1v) is 6.73. The topological polar surface area (TPSA) is 49.5 Å². The molecule has 0 spiro atoms. The highest BCUT2D eigenvalue weighted by atomic mass is 32.1. The van der Waals surface area contributed by atoms with Crippen molar-refractivity contribution in [1.29, 1.82) is 0 Å². The van der Waals surface area contributed by atoms with Gasteiger partial charge in [-0.2, -0.15) is 0 Å². The first kappa shape index (κ1) is 13.3. The summed E-state index contributed by atoms with van der Waals surface area (Å²) in [6, 6.07) is 6.31. The van der Waals surface area contributed by atoms with E-state index < -0.39 is 0 Å². The second-order valence-electron chi connectivity index (χ2n) is 5.09. The molecule has 2 unspecified atom stereocenters. The molecule has 18 heavy (non-hydrogen) atoms. The Morgan fingerprint density at radius 3 is 2.89 bits per heavy atom. The molecule has 1 aromatic carbocycles. The van der Waals surface area contributed by atoms with Crippen molar-refractivity contribution >= 4 is 22.9 Å².